The molecule has 0 saturated carbocycles. The van der Waals surface area contributed by atoms with Gasteiger partial charge >= 0.3 is 5.69 Å². The summed E-state index contributed by atoms with van der Waals surface area (Å²) in [6, 6.07) is 13.5. The van der Waals surface area contributed by atoms with Gasteiger partial charge in [0.1, 0.15) is 11.8 Å². The number of fused-ring (bicyclic) bond motifs is 2. The Labute approximate surface area is 204 Å². The van der Waals surface area contributed by atoms with E-state index < -0.39 is 0 Å². The standard InChI is InChI=1S/C25H23N5O4S/c1-15-5-4-8-20-22(15)28-25(34-20)35-14-21-26-18(13-33-21)23(31)29-11-9-16(10-12-29)30-19-7-3-2-6-17(19)27-24(30)32/h2-8,13,16H,9-12,14H2,1H3,(H,27,32). The van der Waals surface area contributed by atoms with Crippen LogP contribution >= 0.6 is 11.8 Å². The monoisotopic (exact) mass is 489 g/mol. The molecule has 1 saturated heterocycles. The molecule has 1 aliphatic heterocycles. The van der Waals surface area contributed by atoms with Crippen molar-refractivity contribution in [1.29, 1.82) is 0 Å². The average Bonchev–Trinajstić information content (AvgIpc) is 3.59. The number of rotatable bonds is 5. The van der Waals surface area contributed by atoms with Crippen LogP contribution in [0.2, 0.25) is 0 Å². The molecule has 1 amide bonds. The van der Waals surface area contributed by atoms with E-state index in [9.17, 15) is 9.59 Å². The molecule has 3 aromatic heterocycles. The van der Waals surface area contributed by atoms with Crippen LogP contribution in [0, 0.1) is 6.92 Å². The summed E-state index contributed by atoms with van der Waals surface area (Å²) >= 11 is 1.38. The van der Waals surface area contributed by atoms with Gasteiger partial charge in [0, 0.05) is 19.1 Å². The van der Waals surface area contributed by atoms with E-state index in [1.54, 1.807) is 4.90 Å². The number of hydrogen-bond acceptors (Lipinski definition) is 7. The highest BCUT2D eigenvalue weighted by molar-refractivity contribution is 7.98. The average molecular weight is 490 g/mol. The number of nitrogens with one attached hydrogen (secondary N) is 1. The fourth-order valence-electron chi connectivity index (χ4n) is 4.65. The van der Waals surface area contributed by atoms with E-state index in [0.717, 1.165) is 27.7 Å². The summed E-state index contributed by atoms with van der Waals surface area (Å²) in [5, 5.41) is 0.537. The van der Waals surface area contributed by atoms with E-state index in [2.05, 4.69) is 15.0 Å². The van der Waals surface area contributed by atoms with Gasteiger partial charge in [0.25, 0.3) is 11.1 Å². The molecule has 5 aromatic rings. The third-order valence-electron chi connectivity index (χ3n) is 6.43. The van der Waals surface area contributed by atoms with Gasteiger partial charge in [-0.15, -0.1) is 0 Å². The molecule has 1 aliphatic rings. The predicted octanol–water partition coefficient (Wildman–Crippen LogP) is 4.54. The van der Waals surface area contributed by atoms with Gasteiger partial charge in [-0.3, -0.25) is 9.36 Å². The Bertz CT molecular complexity index is 1590. The van der Waals surface area contributed by atoms with Crippen molar-refractivity contribution in [3.05, 3.63) is 76.4 Å². The fraction of sp³-hybridized carbons (Fsp3) is 0.280. The molecular weight excluding hydrogens is 466 g/mol. The molecule has 178 valence electrons. The summed E-state index contributed by atoms with van der Waals surface area (Å²) < 4.78 is 13.1. The van der Waals surface area contributed by atoms with E-state index >= 15 is 0 Å². The number of piperidine rings is 1. The van der Waals surface area contributed by atoms with Crippen molar-refractivity contribution in [2.24, 2.45) is 0 Å². The molecule has 1 fully saturated rings. The molecule has 0 spiro atoms. The van der Waals surface area contributed by atoms with Crippen molar-refractivity contribution in [3.63, 3.8) is 0 Å². The Hall–Kier alpha value is -3.79. The van der Waals surface area contributed by atoms with Crippen molar-refractivity contribution in [3.8, 4) is 0 Å². The van der Waals surface area contributed by atoms with Crippen LogP contribution in [0.4, 0.5) is 0 Å². The van der Waals surface area contributed by atoms with Crippen LogP contribution in [0.3, 0.4) is 0 Å². The highest BCUT2D eigenvalue weighted by atomic mass is 32.2. The smallest absolute Gasteiger partial charge is 0.326 e. The zero-order chi connectivity index (χ0) is 23.9. The number of amides is 1. The number of aryl methyl sites for hydroxylation is 1. The van der Waals surface area contributed by atoms with Crippen molar-refractivity contribution in [2.45, 2.75) is 36.8 Å². The Morgan fingerprint density at radius 3 is 2.80 bits per heavy atom. The van der Waals surface area contributed by atoms with Crippen LogP contribution in [0.5, 0.6) is 0 Å². The van der Waals surface area contributed by atoms with Gasteiger partial charge in [0.2, 0.25) is 5.89 Å². The second kappa shape index (κ2) is 8.77. The fourth-order valence-corrected chi connectivity index (χ4v) is 5.34. The van der Waals surface area contributed by atoms with Gasteiger partial charge < -0.3 is 18.7 Å². The number of nitrogens with zero attached hydrogens (tertiary/aromatic N) is 4. The highest BCUT2D eigenvalue weighted by Gasteiger charge is 2.28. The van der Waals surface area contributed by atoms with E-state index in [1.165, 1.54) is 18.0 Å². The molecule has 10 heteroatoms. The van der Waals surface area contributed by atoms with Gasteiger partial charge in [-0.25, -0.2) is 14.8 Å². The van der Waals surface area contributed by atoms with Gasteiger partial charge in [-0.2, -0.15) is 0 Å². The topological polar surface area (TPSA) is 110 Å². The van der Waals surface area contributed by atoms with Crippen molar-refractivity contribution < 1.29 is 13.6 Å². The first kappa shape index (κ1) is 21.7. The van der Waals surface area contributed by atoms with Gasteiger partial charge in [0.15, 0.2) is 11.3 Å². The number of aromatic nitrogens is 4. The lowest BCUT2D eigenvalue weighted by Crippen LogP contribution is -2.40. The summed E-state index contributed by atoms with van der Waals surface area (Å²) in [5.74, 6) is 0.690. The number of aromatic amines is 1. The lowest BCUT2D eigenvalue weighted by molar-refractivity contribution is 0.0689. The summed E-state index contributed by atoms with van der Waals surface area (Å²) in [6.45, 7) is 3.09. The number of thioether (sulfide) groups is 1. The molecule has 0 aliphatic carbocycles. The normalized spacial score (nSPS) is 14.8. The molecule has 0 unspecified atom stereocenters. The summed E-state index contributed by atoms with van der Waals surface area (Å²) in [7, 11) is 0. The first-order valence-electron chi connectivity index (χ1n) is 11.5. The molecule has 6 rings (SSSR count). The SMILES string of the molecule is Cc1cccc2oc(SCc3nc(C(=O)N4CCC(n5c(=O)[nH]c6ccccc65)CC4)co3)nc12. The molecule has 0 atom stereocenters. The highest BCUT2D eigenvalue weighted by Crippen LogP contribution is 2.28. The predicted molar refractivity (Wildman–Crippen MR) is 132 cm³/mol. The maximum Gasteiger partial charge on any atom is 0.326 e. The van der Waals surface area contributed by atoms with Crippen LogP contribution in [-0.4, -0.2) is 43.4 Å². The Morgan fingerprint density at radius 1 is 1.14 bits per heavy atom. The number of likely N-dealkylation sites (tertiary alicyclic amines) is 1. The lowest BCUT2D eigenvalue weighted by atomic mass is 10.0. The number of carbonyl (C=O) groups excluding carboxylic acids is 1. The van der Waals surface area contributed by atoms with E-state index in [-0.39, 0.29) is 23.3 Å². The van der Waals surface area contributed by atoms with Gasteiger partial charge in [-0.1, -0.05) is 36.0 Å². The van der Waals surface area contributed by atoms with Crippen LogP contribution < -0.4 is 5.69 Å². The first-order chi connectivity index (χ1) is 17.1. The Kier molecular flexibility index (Phi) is 5.44. The second-order valence-electron chi connectivity index (χ2n) is 8.66. The minimum atomic E-state index is -0.160. The number of hydrogen-bond donors (Lipinski definition) is 1. The largest absolute Gasteiger partial charge is 0.447 e. The number of H-pyrrole nitrogens is 1. The molecule has 0 bridgehead atoms. The second-order valence-corrected chi connectivity index (χ2v) is 9.58. The molecular formula is C25H23N5O4S. The minimum Gasteiger partial charge on any atom is -0.447 e. The molecule has 2 aromatic carbocycles. The quantitative estimate of drug-likeness (QED) is 0.361. The summed E-state index contributed by atoms with van der Waals surface area (Å²) in [6.07, 6.45) is 2.81. The van der Waals surface area contributed by atoms with Crippen molar-refractivity contribution in [2.75, 3.05) is 13.1 Å². The van der Waals surface area contributed by atoms with Crippen LogP contribution in [0.25, 0.3) is 22.1 Å². The molecule has 1 N–H and O–H groups in total. The molecule has 0 radical (unpaired) electrons. The summed E-state index contributed by atoms with van der Waals surface area (Å²) in [4.78, 5) is 39.1. The zero-order valence-corrected chi connectivity index (χ0v) is 19.9. The number of benzene rings is 2. The lowest BCUT2D eigenvalue weighted by Gasteiger charge is -2.32. The molecule has 9 nitrogen and oxygen atoms in total. The Balaban J connectivity index is 1.09. The van der Waals surface area contributed by atoms with E-state index in [4.69, 9.17) is 8.83 Å². The maximum atomic E-state index is 13.0. The molecule has 35 heavy (non-hydrogen) atoms. The minimum absolute atomic E-state index is 0.0481. The third kappa shape index (κ3) is 4.03. The van der Waals surface area contributed by atoms with E-state index in [1.807, 2.05) is 54.0 Å². The Morgan fingerprint density at radius 2 is 1.97 bits per heavy atom. The summed E-state index contributed by atoms with van der Waals surface area (Å²) in [5.41, 5.74) is 4.55. The van der Waals surface area contributed by atoms with Crippen molar-refractivity contribution in [1.82, 2.24) is 24.4 Å². The first-order valence-corrected chi connectivity index (χ1v) is 12.5. The van der Waals surface area contributed by atoms with Crippen LogP contribution in [-0.2, 0) is 5.75 Å². The van der Waals surface area contributed by atoms with Gasteiger partial charge in [-0.05, 0) is 43.5 Å². The van der Waals surface area contributed by atoms with Gasteiger partial charge in [0.05, 0.1) is 16.8 Å². The van der Waals surface area contributed by atoms with Crippen LogP contribution in [0.15, 0.2) is 67.6 Å². The third-order valence-corrected chi connectivity index (χ3v) is 7.24. The number of para-hydroxylation sites is 3. The zero-order valence-electron chi connectivity index (χ0n) is 19.1. The maximum absolute atomic E-state index is 13.0. The van der Waals surface area contributed by atoms with E-state index in [0.29, 0.717) is 42.8 Å². The number of imidazole rings is 1. The van der Waals surface area contributed by atoms with Crippen molar-refractivity contribution >= 4 is 39.8 Å². The van der Waals surface area contributed by atoms with Crippen LogP contribution in [0.1, 0.15) is 40.8 Å². The number of carbonyl (C=O) groups is 1. The number of oxazole rings is 2. The molecule has 4 heterocycles.